The van der Waals surface area contributed by atoms with Gasteiger partial charge in [0.05, 0.1) is 24.2 Å². The fourth-order valence-electron chi connectivity index (χ4n) is 9.74. The van der Waals surface area contributed by atoms with E-state index in [2.05, 4.69) is 31.2 Å². The molecule has 4 rings (SSSR count). The molecule has 0 bridgehead atoms. The lowest BCUT2D eigenvalue weighted by Gasteiger charge is -2.35. The Bertz CT molecular complexity index is 2550. The van der Waals surface area contributed by atoms with Crippen molar-refractivity contribution in [2.45, 2.75) is 168 Å². The largest absolute Gasteiger partial charge is 0.618 e. The lowest BCUT2D eigenvalue weighted by atomic mass is 9.85. The van der Waals surface area contributed by atoms with Crippen LogP contribution in [-0.2, 0) is 63.1 Å². The summed E-state index contributed by atoms with van der Waals surface area (Å²) in [7, 11) is -1.24. The van der Waals surface area contributed by atoms with Crippen LogP contribution in [-0.4, -0.2) is 153 Å². The molecule has 7 amide bonds. The minimum Gasteiger partial charge on any atom is -0.618 e. The smallest absolute Gasteiger partial charge is 0.266 e. The number of aliphatic hydroxyl groups excluding tert-OH is 1. The van der Waals surface area contributed by atoms with Gasteiger partial charge in [-0.25, -0.2) is 4.98 Å². The van der Waals surface area contributed by atoms with Gasteiger partial charge in [0.25, 0.3) is 10.1 Å². The van der Waals surface area contributed by atoms with Crippen molar-refractivity contribution in [2.75, 3.05) is 32.9 Å². The highest BCUT2D eigenvalue weighted by atomic mass is 32.2. The van der Waals surface area contributed by atoms with Crippen molar-refractivity contribution in [2.24, 2.45) is 23.7 Å². The number of aromatic nitrogens is 3. The number of hydrogen-bond donors (Lipinski definition) is 7. The summed E-state index contributed by atoms with van der Waals surface area (Å²) in [5, 5.41) is 36.0. The number of carbonyl (C=O) groups is 7. The average Bonchev–Trinajstić information content (AvgIpc) is 4.14. The Labute approximate surface area is 466 Å². The number of amides is 7. The number of likely N-dealkylation sites (tertiary alicyclic amines) is 1. The number of likely N-dealkylation sites (N-methyl/N-ethyl adjacent to an activating group) is 1. The zero-order valence-corrected chi connectivity index (χ0v) is 48.1. The van der Waals surface area contributed by atoms with Gasteiger partial charge in [0.1, 0.15) is 30.7 Å². The second kappa shape index (κ2) is 32.0. The van der Waals surface area contributed by atoms with Crippen molar-refractivity contribution in [3.63, 3.8) is 0 Å². The van der Waals surface area contributed by atoms with Gasteiger partial charge in [-0.05, 0) is 67.9 Å². The Morgan fingerprint density at radius 2 is 1.56 bits per heavy atom. The third kappa shape index (κ3) is 21.3. The Morgan fingerprint density at radius 1 is 0.873 bits per heavy atom. The average molecular weight is 1120 g/mol. The van der Waals surface area contributed by atoms with Gasteiger partial charge in [-0.3, -0.25) is 38.1 Å². The number of nitrogens with one attached hydrogen (secondary N) is 5. The summed E-state index contributed by atoms with van der Waals surface area (Å²) < 4.78 is 31.7. The standard InChI is InChI=1S/C56H86N10O12S/c1-9-39(6)51(55(73)58-35-42-22-17-18-27-66(42)75)62-52(70)43(38(4)5)33-48(67)44(30-37(2)3)60-54(72)47(32-41-34-57-36-59-41)64(8)56(74)45(31-40-20-13-12-14-21-40)61-53(71)46-23-19-26-65(46)50(69)25-16-11-10-15-24-49(68)63(7)28-29-79(76,77)78/h12-14,17-18,20-22,27,34,36-39,43-48,51,67H,9-11,15-16,19,23-26,28-33,35H2,1-8H3,(H,57,59)(H,58,73)(H,60,72)(H,61,71)(H,62,70)(H,76,77,78)/t39-,43-,44-,45-,46-,47-,48?,51-/m0/s1. The molecular weight excluding hydrogens is 1040 g/mol. The van der Waals surface area contributed by atoms with E-state index in [-0.39, 0.29) is 74.8 Å². The van der Waals surface area contributed by atoms with Crippen LogP contribution in [0.5, 0.6) is 0 Å². The molecule has 3 heterocycles. The third-order valence-electron chi connectivity index (χ3n) is 14.8. The first kappa shape index (κ1) is 65.1. The first-order chi connectivity index (χ1) is 37.4. The zero-order valence-electron chi connectivity index (χ0n) is 47.3. The second-order valence-corrected chi connectivity index (χ2v) is 23.3. The van der Waals surface area contributed by atoms with E-state index in [1.165, 1.54) is 47.5 Å². The van der Waals surface area contributed by atoms with Crippen molar-refractivity contribution in [3.8, 4) is 0 Å². The van der Waals surface area contributed by atoms with Crippen LogP contribution in [0, 0.1) is 28.9 Å². The fourth-order valence-corrected chi connectivity index (χ4v) is 10.2. The number of unbranched alkanes of at least 4 members (excludes halogenated alkanes) is 3. The lowest BCUT2D eigenvalue weighted by Crippen LogP contribution is -2.59. The minimum atomic E-state index is -4.19. The molecule has 2 aromatic heterocycles. The molecule has 23 heteroatoms. The maximum Gasteiger partial charge on any atom is 0.266 e. The van der Waals surface area contributed by atoms with Crippen LogP contribution in [0.1, 0.15) is 129 Å². The summed E-state index contributed by atoms with van der Waals surface area (Å²) >= 11 is 0. The minimum absolute atomic E-state index is 0.0188. The number of aromatic amines is 1. The molecule has 7 N–H and O–H groups in total. The van der Waals surface area contributed by atoms with Gasteiger partial charge in [0.15, 0.2) is 6.20 Å². The van der Waals surface area contributed by atoms with Crippen molar-refractivity contribution in [1.29, 1.82) is 0 Å². The number of carbonyl (C=O) groups excluding carboxylic acids is 7. The number of H-pyrrole nitrogens is 1. The number of hydrogen-bond acceptors (Lipinski definition) is 12. The predicted octanol–water partition coefficient (Wildman–Crippen LogP) is 3.22. The zero-order chi connectivity index (χ0) is 58.4. The van der Waals surface area contributed by atoms with Gasteiger partial charge < -0.3 is 51.3 Å². The van der Waals surface area contributed by atoms with E-state index in [4.69, 9.17) is 4.55 Å². The molecule has 1 unspecified atom stereocenters. The SMILES string of the molecule is CC[C@H](C)[C@H](NC(=O)[C@@H](CC(O)[C@H](CC(C)C)NC(=O)[C@H](Cc1cnc[nH]1)N(C)C(=O)[C@H](Cc1ccccc1)NC(=O)[C@@H]1CCCN1C(=O)CCCCCCC(=O)N(C)CCS(=O)(=O)O)C(C)C)C(=O)NCc1cccc[n+]1[O-]. The van der Waals surface area contributed by atoms with Crippen molar-refractivity contribution < 1.29 is 56.4 Å². The van der Waals surface area contributed by atoms with Crippen LogP contribution >= 0.6 is 0 Å². The molecule has 22 nitrogen and oxygen atoms in total. The highest BCUT2D eigenvalue weighted by Crippen LogP contribution is 2.25. The maximum atomic E-state index is 14.9. The van der Waals surface area contributed by atoms with E-state index in [1.54, 1.807) is 18.2 Å². The van der Waals surface area contributed by atoms with Gasteiger partial charge in [0, 0.05) is 82.8 Å². The summed E-state index contributed by atoms with van der Waals surface area (Å²) in [5.41, 5.74) is 1.59. The number of pyridine rings is 1. The third-order valence-corrected chi connectivity index (χ3v) is 15.5. The Kier molecular flexibility index (Phi) is 26.3. The van der Waals surface area contributed by atoms with Crippen LogP contribution in [0.2, 0.25) is 0 Å². The molecule has 0 saturated carbocycles. The van der Waals surface area contributed by atoms with Gasteiger partial charge in [0.2, 0.25) is 47.0 Å². The molecule has 1 saturated heterocycles. The summed E-state index contributed by atoms with van der Waals surface area (Å²) in [6.45, 7) is 11.5. The molecule has 1 aromatic carbocycles. The van der Waals surface area contributed by atoms with E-state index in [9.17, 15) is 52.3 Å². The number of imidazole rings is 1. The van der Waals surface area contributed by atoms with Gasteiger partial charge in [-0.1, -0.05) is 91.1 Å². The van der Waals surface area contributed by atoms with Crippen LogP contribution in [0.25, 0.3) is 0 Å². The highest BCUT2D eigenvalue weighted by Gasteiger charge is 2.40. The first-order valence-electron chi connectivity index (χ1n) is 27.7. The number of benzene rings is 1. The van der Waals surface area contributed by atoms with Gasteiger partial charge >= 0.3 is 0 Å². The van der Waals surface area contributed by atoms with Crippen molar-refractivity contribution >= 4 is 51.5 Å². The molecule has 1 aliphatic rings. The molecule has 8 atom stereocenters. The van der Waals surface area contributed by atoms with Gasteiger partial charge in [-0.2, -0.15) is 13.1 Å². The monoisotopic (exact) mass is 1120 g/mol. The van der Waals surface area contributed by atoms with E-state index in [1.807, 2.05) is 71.9 Å². The van der Waals surface area contributed by atoms with E-state index in [0.717, 1.165) is 5.56 Å². The molecule has 1 fully saturated rings. The van der Waals surface area contributed by atoms with Gasteiger partial charge in [-0.15, -0.1) is 0 Å². The van der Waals surface area contributed by atoms with Crippen LogP contribution in [0.15, 0.2) is 67.3 Å². The molecule has 1 aliphatic heterocycles. The van der Waals surface area contributed by atoms with E-state index >= 15 is 0 Å². The molecule has 0 radical (unpaired) electrons. The number of aliphatic hydroxyl groups is 1. The fraction of sp³-hybridized carbons (Fsp3) is 0.625. The maximum absolute atomic E-state index is 14.9. The highest BCUT2D eigenvalue weighted by molar-refractivity contribution is 7.85. The second-order valence-electron chi connectivity index (χ2n) is 21.8. The van der Waals surface area contributed by atoms with Crippen LogP contribution in [0.3, 0.4) is 0 Å². The summed E-state index contributed by atoms with van der Waals surface area (Å²) in [4.78, 5) is 109. The van der Waals surface area contributed by atoms with Crippen LogP contribution in [0.4, 0.5) is 0 Å². The normalized spacial score (nSPS) is 16.3. The van der Waals surface area contributed by atoms with Crippen molar-refractivity contribution in [3.05, 3.63) is 89.4 Å². The van der Waals surface area contributed by atoms with Crippen molar-refractivity contribution in [1.82, 2.24) is 45.9 Å². The number of rotatable bonds is 33. The Balaban J connectivity index is 1.48. The van der Waals surface area contributed by atoms with Crippen LogP contribution < -0.4 is 26.0 Å². The number of nitrogens with zero attached hydrogens (tertiary/aromatic N) is 5. The quantitative estimate of drug-likeness (QED) is 0.0200. The van der Waals surface area contributed by atoms with E-state index < -0.39 is 87.6 Å². The molecule has 0 spiro atoms. The topological polar surface area (TPSA) is 308 Å². The summed E-state index contributed by atoms with van der Waals surface area (Å²) in [6, 6.07) is 8.92. The Hall–Kier alpha value is -6.46. The molecule has 79 heavy (non-hydrogen) atoms. The molecule has 438 valence electrons. The summed E-state index contributed by atoms with van der Waals surface area (Å²) in [6.07, 6.45) is 7.53. The molecular formula is C56H86N10O12S. The lowest BCUT2D eigenvalue weighted by molar-refractivity contribution is -0.614. The molecule has 0 aliphatic carbocycles. The summed E-state index contributed by atoms with van der Waals surface area (Å²) in [5.74, 6) is -5.03. The molecule has 3 aromatic rings. The Morgan fingerprint density at radius 3 is 2.18 bits per heavy atom. The first-order valence-corrected chi connectivity index (χ1v) is 29.3. The van der Waals surface area contributed by atoms with E-state index in [0.29, 0.717) is 74.0 Å². The predicted molar refractivity (Wildman–Crippen MR) is 296 cm³/mol.